The fourth-order valence-electron chi connectivity index (χ4n) is 4.23. The van der Waals surface area contributed by atoms with Gasteiger partial charge in [-0.25, -0.2) is 4.98 Å². The lowest BCUT2D eigenvalue weighted by molar-refractivity contribution is -0.138. The summed E-state index contributed by atoms with van der Waals surface area (Å²) in [6, 6.07) is 11.9. The summed E-state index contributed by atoms with van der Waals surface area (Å²) in [5, 5.41) is 3.53. The van der Waals surface area contributed by atoms with E-state index in [9.17, 15) is 9.59 Å². The number of hydrogen-bond donors (Lipinski definition) is 1. The number of carbonyl (C=O) groups excluding carboxylic acids is 2. The molecule has 2 atom stereocenters. The van der Waals surface area contributed by atoms with Gasteiger partial charge in [0, 0.05) is 12.1 Å². The van der Waals surface area contributed by atoms with Crippen LogP contribution in [0, 0.1) is 0 Å². The summed E-state index contributed by atoms with van der Waals surface area (Å²) in [5.41, 5.74) is 1.74. The Hall–Kier alpha value is -2.74. The van der Waals surface area contributed by atoms with E-state index in [1.807, 2.05) is 39.8 Å². The predicted octanol–water partition coefficient (Wildman–Crippen LogP) is 3.83. The number of nitrogens with one attached hydrogen (secondary N) is 1. The van der Waals surface area contributed by atoms with Crippen LogP contribution in [0.1, 0.15) is 38.9 Å². The number of rotatable bonds is 7. The van der Waals surface area contributed by atoms with Crippen LogP contribution in [-0.2, 0) is 22.7 Å². The van der Waals surface area contributed by atoms with Crippen LogP contribution in [0.15, 0.2) is 52.2 Å². The number of piperidine rings is 1. The molecule has 1 aromatic carbocycles. The van der Waals surface area contributed by atoms with Gasteiger partial charge in [-0.1, -0.05) is 23.9 Å². The van der Waals surface area contributed by atoms with Crippen LogP contribution in [0.5, 0.6) is 0 Å². The molecule has 0 bridgehead atoms. The number of furan rings is 1. The maximum atomic E-state index is 13.2. The predicted molar refractivity (Wildman–Crippen MR) is 121 cm³/mol. The van der Waals surface area contributed by atoms with Gasteiger partial charge in [-0.15, -0.1) is 0 Å². The van der Waals surface area contributed by atoms with Gasteiger partial charge in [0.15, 0.2) is 5.16 Å². The van der Waals surface area contributed by atoms with Crippen molar-refractivity contribution in [1.29, 1.82) is 0 Å². The third kappa shape index (κ3) is 4.95. The Kier molecular flexibility index (Phi) is 6.65. The molecule has 3 heterocycles. The summed E-state index contributed by atoms with van der Waals surface area (Å²) < 4.78 is 7.18. The van der Waals surface area contributed by atoms with Crippen LogP contribution in [0.2, 0.25) is 0 Å². The molecule has 8 heteroatoms. The Morgan fingerprint density at radius 1 is 1.16 bits per heavy atom. The summed E-state index contributed by atoms with van der Waals surface area (Å²) >= 11 is 1.35. The average molecular weight is 441 g/mol. The lowest BCUT2D eigenvalue weighted by Crippen LogP contribution is -2.48. The van der Waals surface area contributed by atoms with E-state index < -0.39 is 0 Å². The largest absolute Gasteiger partial charge is 0.467 e. The lowest BCUT2D eigenvalue weighted by atomic mass is 9.97. The Morgan fingerprint density at radius 3 is 2.68 bits per heavy atom. The molecule has 1 N–H and O–H groups in total. The number of fused-ring (bicyclic) bond motifs is 1. The first kappa shape index (κ1) is 21.5. The maximum absolute atomic E-state index is 13.2. The third-order valence-electron chi connectivity index (χ3n) is 5.77. The standard InChI is InChI=1S/C23H28N4O3S/c1-16-7-5-8-17(2)27(16)22(29)14-26-20-11-4-3-10-19(20)25-23(26)31-15-21(28)24-13-18-9-6-12-30-18/h3-4,6,9-12,16-17H,5,7-8,13-15H2,1-2H3,(H,24,28)/t16-,17-/m0/s1. The smallest absolute Gasteiger partial charge is 0.243 e. The van der Waals surface area contributed by atoms with E-state index in [0.29, 0.717) is 17.5 Å². The summed E-state index contributed by atoms with van der Waals surface area (Å²) in [4.78, 5) is 32.2. The van der Waals surface area contributed by atoms with Gasteiger partial charge in [-0.05, 0) is 57.4 Å². The van der Waals surface area contributed by atoms with Crippen molar-refractivity contribution >= 4 is 34.6 Å². The molecule has 0 spiro atoms. The van der Waals surface area contributed by atoms with Crippen molar-refractivity contribution in [3.05, 3.63) is 48.4 Å². The molecule has 31 heavy (non-hydrogen) atoms. The van der Waals surface area contributed by atoms with E-state index in [1.165, 1.54) is 11.8 Å². The molecule has 0 radical (unpaired) electrons. The zero-order chi connectivity index (χ0) is 21.8. The van der Waals surface area contributed by atoms with E-state index in [0.717, 1.165) is 30.3 Å². The number of imidazole rings is 1. The lowest BCUT2D eigenvalue weighted by Gasteiger charge is -2.39. The molecule has 1 saturated heterocycles. The van der Waals surface area contributed by atoms with Gasteiger partial charge in [0.25, 0.3) is 0 Å². The van der Waals surface area contributed by atoms with E-state index in [-0.39, 0.29) is 36.2 Å². The van der Waals surface area contributed by atoms with Gasteiger partial charge in [0.1, 0.15) is 12.3 Å². The maximum Gasteiger partial charge on any atom is 0.243 e. The summed E-state index contributed by atoms with van der Waals surface area (Å²) in [6.07, 6.45) is 4.82. The van der Waals surface area contributed by atoms with Gasteiger partial charge in [0.05, 0.1) is 29.6 Å². The highest BCUT2D eigenvalue weighted by atomic mass is 32.2. The first-order valence-electron chi connectivity index (χ1n) is 10.7. The Balaban J connectivity index is 1.47. The zero-order valence-electron chi connectivity index (χ0n) is 17.9. The number of likely N-dealkylation sites (tertiary alicyclic amines) is 1. The second-order valence-corrected chi connectivity index (χ2v) is 8.99. The van der Waals surface area contributed by atoms with Crippen LogP contribution >= 0.6 is 11.8 Å². The molecule has 1 aliphatic heterocycles. The molecule has 7 nitrogen and oxygen atoms in total. The Bertz CT molecular complexity index is 1040. The van der Waals surface area contributed by atoms with Crippen LogP contribution in [0.3, 0.4) is 0 Å². The minimum Gasteiger partial charge on any atom is -0.467 e. The van der Waals surface area contributed by atoms with Crippen molar-refractivity contribution in [2.45, 2.75) is 63.4 Å². The third-order valence-corrected chi connectivity index (χ3v) is 6.74. The second kappa shape index (κ2) is 9.60. The molecule has 0 saturated carbocycles. The normalized spacial score (nSPS) is 19.0. The molecule has 4 rings (SSSR count). The quantitative estimate of drug-likeness (QED) is 0.565. The Labute approximate surface area is 186 Å². The average Bonchev–Trinajstić information content (AvgIpc) is 3.39. The van der Waals surface area contributed by atoms with Gasteiger partial charge < -0.3 is 19.2 Å². The first-order valence-corrected chi connectivity index (χ1v) is 11.7. The molecular formula is C23H28N4O3S. The SMILES string of the molecule is C[C@H]1CCC[C@H](C)N1C(=O)Cn1c(SCC(=O)NCc2ccco2)nc2ccccc21. The fraction of sp³-hybridized carbons (Fsp3) is 0.435. The van der Waals surface area contributed by atoms with Crippen molar-refractivity contribution in [2.75, 3.05) is 5.75 Å². The fourth-order valence-corrected chi connectivity index (χ4v) is 5.07. The molecule has 0 aliphatic carbocycles. The molecule has 2 aromatic heterocycles. The number of hydrogen-bond acceptors (Lipinski definition) is 5. The van der Waals surface area contributed by atoms with Crippen molar-refractivity contribution in [3.8, 4) is 0 Å². The topological polar surface area (TPSA) is 80.4 Å². The first-order chi connectivity index (χ1) is 15.0. The molecule has 1 fully saturated rings. The monoisotopic (exact) mass is 440 g/mol. The summed E-state index contributed by atoms with van der Waals surface area (Å²) in [7, 11) is 0. The van der Waals surface area contributed by atoms with Gasteiger partial charge >= 0.3 is 0 Å². The number of nitrogens with zero attached hydrogens (tertiary/aromatic N) is 3. The molecule has 3 aromatic rings. The molecule has 164 valence electrons. The van der Waals surface area contributed by atoms with Crippen LogP contribution in [0.4, 0.5) is 0 Å². The number of benzene rings is 1. The molecular weight excluding hydrogens is 412 g/mol. The van der Waals surface area contributed by atoms with E-state index in [4.69, 9.17) is 4.42 Å². The number of thioether (sulfide) groups is 1. The highest BCUT2D eigenvalue weighted by Crippen LogP contribution is 2.27. The van der Waals surface area contributed by atoms with Crippen LogP contribution < -0.4 is 5.32 Å². The van der Waals surface area contributed by atoms with E-state index in [2.05, 4.69) is 24.1 Å². The van der Waals surface area contributed by atoms with Crippen LogP contribution in [-0.4, -0.2) is 44.1 Å². The van der Waals surface area contributed by atoms with Crippen molar-refractivity contribution in [3.63, 3.8) is 0 Å². The second-order valence-electron chi connectivity index (χ2n) is 8.04. The highest BCUT2D eigenvalue weighted by molar-refractivity contribution is 7.99. The molecule has 2 amide bonds. The zero-order valence-corrected chi connectivity index (χ0v) is 18.7. The van der Waals surface area contributed by atoms with Crippen molar-refractivity contribution < 1.29 is 14.0 Å². The van der Waals surface area contributed by atoms with Gasteiger partial charge in [-0.2, -0.15) is 0 Å². The van der Waals surface area contributed by atoms with E-state index >= 15 is 0 Å². The summed E-state index contributed by atoms with van der Waals surface area (Å²) in [5.74, 6) is 0.923. The molecule has 0 unspecified atom stereocenters. The van der Waals surface area contributed by atoms with Crippen molar-refractivity contribution in [1.82, 2.24) is 19.8 Å². The van der Waals surface area contributed by atoms with E-state index in [1.54, 1.807) is 12.3 Å². The minimum atomic E-state index is -0.107. The number of amides is 2. The highest BCUT2D eigenvalue weighted by Gasteiger charge is 2.29. The van der Waals surface area contributed by atoms with Gasteiger partial charge in [-0.3, -0.25) is 9.59 Å². The number of para-hydroxylation sites is 2. The Morgan fingerprint density at radius 2 is 1.94 bits per heavy atom. The molecule has 1 aliphatic rings. The number of carbonyl (C=O) groups is 2. The minimum absolute atomic E-state index is 0.104. The van der Waals surface area contributed by atoms with Crippen molar-refractivity contribution in [2.24, 2.45) is 0 Å². The van der Waals surface area contributed by atoms with Crippen LogP contribution in [0.25, 0.3) is 11.0 Å². The van der Waals surface area contributed by atoms with Gasteiger partial charge in [0.2, 0.25) is 11.8 Å². The number of aromatic nitrogens is 2. The summed E-state index contributed by atoms with van der Waals surface area (Å²) in [6.45, 7) is 4.83.